The van der Waals surface area contributed by atoms with Gasteiger partial charge >= 0.3 is 0 Å². The Morgan fingerprint density at radius 2 is 1.75 bits per heavy atom. The number of halogens is 2. The molecule has 0 amide bonds. The van der Waals surface area contributed by atoms with Crippen LogP contribution in [0.1, 0.15) is 0 Å². The van der Waals surface area contributed by atoms with Crippen molar-refractivity contribution in [3.05, 3.63) is 68.9 Å². The fourth-order valence-corrected chi connectivity index (χ4v) is 2.60. The molecule has 2 N–H and O–H groups in total. The zero-order valence-electron chi connectivity index (χ0n) is 10.3. The topological polar surface area (TPSA) is 48.0 Å². The number of anilines is 1. The number of nitrogens with two attached hydrogens (primary N) is 1. The normalized spacial score (nSPS) is 10.9. The molecule has 1 aromatic heterocycles. The number of rotatable bonds is 1. The average Bonchev–Trinajstić information content (AvgIpc) is 2.40. The molecule has 0 aliphatic heterocycles. The number of hydrogen-bond donors (Lipinski definition) is 1. The summed E-state index contributed by atoms with van der Waals surface area (Å²) in [4.78, 5) is 12.3. The van der Waals surface area contributed by atoms with Crippen molar-refractivity contribution in [2.45, 2.75) is 0 Å². The second-order valence-electron chi connectivity index (χ2n) is 4.39. The molecule has 100 valence electrons. The van der Waals surface area contributed by atoms with Crippen LogP contribution < -0.4 is 11.3 Å². The van der Waals surface area contributed by atoms with Crippen molar-refractivity contribution < 1.29 is 0 Å². The Bertz CT molecular complexity index is 871. The second kappa shape index (κ2) is 4.85. The summed E-state index contributed by atoms with van der Waals surface area (Å²) < 4.78 is 1.51. The van der Waals surface area contributed by atoms with Crippen molar-refractivity contribution in [3.8, 4) is 5.69 Å². The van der Waals surface area contributed by atoms with Crippen molar-refractivity contribution in [1.82, 2.24) is 4.57 Å². The van der Waals surface area contributed by atoms with Crippen LogP contribution in [0.5, 0.6) is 0 Å². The molecule has 1 heterocycles. The number of benzene rings is 2. The highest BCUT2D eigenvalue weighted by Crippen LogP contribution is 2.27. The van der Waals surface area contributed by atoms with Gasteiger partial charge in [0.05, 0.1) is 16.2 Å². The predicted octanol–water partition coefficient (Wildman–Crippen LogP) is 3.88. The first-order valence-corrected chi connectivity index (χ1v) is 6.69. The van der Waals surface area contributed by atoms with Gasteiger partial charge in [0.25, 0.3) is 5.56 Å². The van der Waals surface area contributed by atoms with E-state index in [1.165, 1.54) is 10.6 Å². The monoisotopic (exact) mass is 304 g/mol. The maximum Gasteiger partial charge on any atom is 0.257 e. The molecule has 0 aliphatic carbocycles. The minimum absolute atomic E-state index is 0.245. The van der Waals surface area contributed by atoms with Gasteiger partial charge in [-0.05, 0) is 30.3 Å². The molecule has 20 heavy (non-hydrogen) atoms. The number of nitrogens with zero attached hydrogens (tertiary/aromatic N) is 1. The van der Waals surface area contributed by atoms with Crippen LogP contribution in [-0.4, -0.2) is 4.57 Å². The van der Waals surface area contributed by atoms with Crippen LogP contribution in [-0.2, 0) is 0 Å². The van der Waals surface area contributed by atoms with E-state index in [0.29, 0.717) is 26.9 Å². The minimum atomic E-state index is -0.245. The van der Waals surface area contributed by atoms with Crippen LogP contribution >= 0.6 is 23.2 Å². The summed E-state index contributed by atoms with van der Waals surface area (Å²) in [7, 11) is 0. The average molecular weight is 305 g/mol. The van der Waals surface area contributed by atoms with E-state index in [0.717, 1.165) is 5.39 Å². The number of hydrogen-bond acceptors (Lipinski definition) is 2. The third-order valence-electron chi connectivity index (χ3n) is 3.10. The van der Waals surface area contributed by atoms with Gasteiger partial charge in [-0.2, -0.15) is 0 Å². The summed E-state index contributed by atoms with van der Waals surface area (Å²) in [5.74, 6) is 0. The van der Waals surface area contributed by atoms with E-state index >= 15 is 0 Å². The van der Waals surface area contributed by atoms with Gasteiger partial charge in [0, 0.05) is 22.2 Å². The lowest BCUT2D eigenvalue weighted by Crippen LogP contribution is -2.19. The third-order valence-corrected chi connectivity index (χ3v) is 3.66. The fourth-order valence-electron chi connectivity index (χ4n) is 2.21. The van der Waals surface area contributed by atoms with Crippen molar-refractivity contribution >= 4 is 39.8 Å². The summed E-state index contributed by atoms with van der Waals surface area (Å²) in [6.45, 7) is 0. The van der Waals surface area contributed by atoms with E-state index in [2.05, 4.69) is 0 Å². The molecule has 3 aromatic rings. The van der Waals surface area contributed by atoms with Gasteiger partial charge < -0.3 is 5.73 Å². The first-order chi connectivity index (χ1) is 9.58. The number of fused-ring (bicyclic) bond motifs is 1. The van der Waals surface area contributed by atoms with E-state index in [4.69, 9.17) is 28.9 Å². The zero-order valence-corrected chi connectivity index (χ0v) is 11.8. The zero-order chi connectivity index (χ0) is 14.3. The lowest BCUT2D eigenvalue weighted by molar-refractivity contribution is 1.04. The van der Waals surface area contributed by atoms with E-state index in [1.54, 1.807) is 30.3 Å². The molecule has 0 saturated carbocycles. The summed E-state index contributed by atoms with van der Waals surface area (Å²) >= 11 is 12.2. The standard InChI is InChI=1S/C15H10Cl2N2O/c16-9-5-6-10-12(18)8-15(20)19(14(10)7-9)13-4-2-1-3-11(13)17/h1-8H,18H2. The number of para-hydroxylation sites is 1. The van der Waals surface area contributed by atoms with Gasteiger partial charge in [0.2, 0.25) is 0 Å². The largest absolute Gasteiger partial charge is 0.398 e. The fraction of sp³-hybridized carbons (Fsp3) is 0. The summed E-state index contributed by atoms with van der Waals surface area (Å²) in [5.41, 5.74) is 7.32. The van der Waals surface area contributed by atoms with Gasteiger partial charge in [-0.1, -0.05) is 35.3 Å². The smallest absolute Gasteiger partial charge is 0.257 e. The molecule has 0 fully saturated rings. The lowest BCUT2D eigenvalue weighted by Gasteiger charge is -2.13. The Morgan fingerprint density at radius 3 is 2.50 bits per heavy atom. The Labute approximate surface area is 125 Å². The van der Waals surface area contributed by atoms with Crippen molar-refractivity contribution in [2.75, 3.05) is 5.73 Å². The van der Waals surface area contributed by atoms with E-state index in [-0.39, 0.29) is 5.56 Å². The Balaban J connectivity index is 2.50. The Hall–Kier alpha value is -1.97. The van der Waals surface area contributed by atoms with Crippen LogP contribution in [0, 0.1) is 0 Å². The van der Waals surface area contributed by atoms with Crippen LogP contribution in [0.3, 0.4) is 0 Å². The molecule has 3 nitrogen and oxygen atoms in total. The minimum Gasteiger partial charge on any atom is -0.398 e. The molecule has 3 rings (SSSR count). The molecule has 2 aromatic carbocycles. The molecule has 0 atom stereocenters. The molecule has 5 heteroatoms. The first-order valence-electron chi connectivity index (χ1n) is 5.93. The van der Waals surface area contributed by atoms with Crippen molar-refractivity contribution in [3.63, 3.8) is 0 Å². The van der Waals surface area contributed by atoms with E-state index < -0.39 is 0 Å². The molecule has 0 aliphatic rings. The molecule has 0 bridgehead atoms. The van der Waals surface area contributed by atoms with Gasteiger partial charge in [-0.3, -0.25) is 9.36 Å². The quantitative estimate of drug-likeness (QED) is 0.741. The van der Waals surface area contributed by atoms with Gasteiger partial charge in [0.15, 0.2) is 0 Å². The van der Waals surface area contributed by atoms with Gasteiger partial charge in [-0.15, -0.1) is 0 Å². The van der Waals surface area contributed by atoms with Crippen LogP contribution in [0.4, 0.5) is 5.69 Å². The van der Waals surface area contributed by atoms with Gasteiger partial charge in [0.1, 0.15) is 0 Å². The number of aromatic nitrogens is 1. The molecule has 0 radical (unpaired) electrons. The summed E-state index contributed by atoms with van der Waals surface area (Å²) in [6, 6.07) is 13.8. The van der Waals surface area contributed by atoms with Crippen LogP contribution in [0.15, 0.2) is 53.3 Å². The van der Waals surface area contributed by atoms with Gasteiger partial charge in [-0.25, -0.2) is 0 Å². The van der Waals surface area contributed by atoms with E-state index in [9.17, 15) is 4.79 Å². The van der Waals surface area contributed by atoms with Crippen LogP contribution in [0.25, 0.3) is 16.6 Å². The highest BCUT2D eigenvalue weighted by Gasteiger charge is 2.11. The molecule has 0 unspecified atom stereocenters. The highest BCUT2D eigenvalue weighted by atomic mass is 35.5. The Morgan fingerprint density at radius 1 is 1.00 bits per heavy atom. The lowest BCUT2D eigenvalue weighted by atomic mass is 10.1. The number of nitrogen functional groups attached to an aromatic ring is 1. The summed E-state index contributed by atoms with van der Waals surface area (Å²) in [5, 5.41) is 1.78. The summed E-state index contributed by atoms with van der Waals surface area (Å²) in [6.07, 6.45) is 0. The number of pyridine rings is 1. The third kappa shape index (κ3) is 2.05. The van der Waals surface area contributed by atoms with Crippen molar-refractivity contribution in [2.24, 2.45) is 0 Å². The van der Waals surface area contributed by atoms with Crippen molar-refractivity contribution in [1.29, 1.82) is 0 Å². The SMILES string of the molecule is Nc1cc(=O)n(-c2ccccc2Cl)c2cc(Cl)ccc12. The predicted molar refractivity (Wildman–Crippen MR) is 84.0 cm³/mol. The maximum absolute atomic E-state index is 12.3. The van der Waals surface area contributed by atoms with E-state index in [1.807, 2.05) is 12.1 Å². The molecular formula is C15H10Cl2N2O. The Kier molecular flexibility index (Phi) is 3.16. The molecule has 0 spiro atoms. The van der Waals surface area contributed by atoms with Crippen LogP contribution in [0.2, 0.25) is 10.0 Å². The molecular weight excluding hydrogens is 295 g/mol. The highest BCUT2D eigenvalue weighted by molar-refractivity contribution is 6.32. The molecule has 0 saturated heterocycles. The first kappa shape index (κ1) is 13.0. The maximum atomic E-state index is 12.3. The second-order valence-corrected chi connectivity index (χ2v) is 5.23.